The first-order valence-electron chi connectivity index (χ1n) is 24.7. The van der Waals surface area contributed by atoms with Crippen molar-refractivity contribution in [2.24, 2.45) is 0 Å². The van der Waals surface area contributed by atoms with Gasteiger partial charge in [-0.1, -0.05) is 102 Å². The van der Waals surface area contributed by atoms with E-state index in [0.717, 1.165) is 163 Å². The van der Waals surface area contributed by atoms with E-state index in [-0.39, 0.29) is 0 Å². The summed E-state index contributed by atoms with van der Waals surface area (Å²) in [5.41, 5.74) is 12.1. The third-order valence-electron chi connectivity index (χ3n) is 12.5. The molecule has 68 heavy (non-hydrogen) atoms. The number of H-pyrrole nitrogens is 4. The lowest BCUT2D eigenvalue weighted by molar-refractivity contribution is 0.309. The van der Waals surface area contributed by atoms with E-state index >= 15 is 0 Å². The number of hydrogen-bond donors (Lipinski definition) is 4. The minimum absolute atomic E-state index is 0.668. The van der Waals surface area contributed by atoms with Crippen LogP contribution < -0.4 is 40.3 Å². The van der Waals surface area contributed by atoms with E-state index in [1.165, 1.54) is 0 Å². The van der Waals surface area contributed by atoms with Gasteiger partial charge in [-0.15, -0.1) is 0 Å². The average Bonchev–Trinajstić information content (AvgIpc) is 4.21. The van der Waals surface area contributed by atoms with Gasteiger partial charge in [0.2, 0.25) is 0 Å². The van der Waals surface area contributed by atoms with Gasteiger partial charge < -0.3 is 38.9 Å². The lowest BCUT2D eigenvalue weighted by Gasteiger charge is -2.12. The number of rotatable bonds is 20. The Balaban J connectivity index is 1.34. The fraction of sp³-hybridized carbons (Fsp3) is 0.267. The summed E-state index contributed by atoms with van der Waals surface area (Å²) in [6.07, 6.45) is 8.24. The van der Waals surface area contributed by atoms with Crippen molar-refractivity contribution in [1.82, 2.24) is 19.9 Å². The number of fused-ring (bicyclic) bond motifs is 8. The second kappa shape index (κ2) is 22.0. The molecule has 4 N–H and O–H groups in total. The highest BCUT2D eigenvalue weighted by molar-refractivity contribution is 5.85. The van der Waals surface area contributed by atoms with Gasteiger partial charge in [-0.3, -0.25) is 0 Å². The molecule has 0 aliphatic carbocycles. The van der Waals surface area contributed by atoms with Gasteiger partial charge in [0.25, 0.3) is 0 Å². The molecule has 0 saturated heterocycles. The van der Waals surface area contributed by atoms with Gasteiger partial charge in [0.15, 0.2) is 0 Å². The lowest BCUT2D eigenvalue weighted by Crippen LogP contribution is -2.19. The molecule has 8 heteroatoms. The molecule has 4 aromatic carbocycles. The smallest absolute Gasteiger partial charge is 0.119 e. The largest absolute Gasteiger partial charge is 0.494 e. The van der Waals surface area contributed by atoms with Crippen molar-refractivity contribution >= 4 is 22.3 Å². The van der Waals surface area contributed by atoms with E-state index < -0.39 is 0 Å². The number of aromatic nitrogens is 4. The zero-order valence-corrected chi connectivity index (χ0v) is 40.0. The van der Waals surface area contributed by atoms with E-state index in [2.05, 4.69) is 169 Å². The Morgan fingerprint density at radius 1 is 0.294 bits per heavy atom. The molecule has 0 unspecified atom stereocenters. The number of nitrogens with one attached hydrogen (secondary N) is 4. The second-order valence-electron chi connectivity index (χ2n) is 17.6. The van der Waals surface area contributed by atoms with E-state index in [4.69, 9.17) is 18.9 Å². The highest BCUT2D eigenvalue weighted by atomic mass is 16.5. The van der Waals surface area contributed by atoms with Crippen molar-refractivity contribution in [3.63, 3.8) is 0 Å². The first-order valence-corrected chi connectivity index (χ1v) is 24.7. The molecule has 1 aliphatic rings. The van der Waals surface area contributed by atoms with E-state index in [9.17, 15) is 0 Å². The molecule has 8 aromatic rings. The zero-order chi connectivity index (χ0) is 46.7. The van der Waals surface area contributed by atoms with Crippen LogP contribution in [0.2, 0.25) is 0 Å². The summed E-state index contributed by atoms with van der Waals surface area (Å²) in [6, 6.07) is 51.4. The van der Waals surface area contributed by atoms with Crippen LogP contribution in [0.5, 0.6) is 23.0 Å². The molecule has 8 bridgehead atoms. The number of hydrogen-bond acceptors (Lipinski definition) is 4. The first-order chi connectivity index (χ1) is 33.5. The molecule has 0 radical (unpaired) electrons. The van der Waals surface area contributed by atoms with Crippen LogP contribution in [0.1, 0.15) is 124 Å². The maximum atomic E-state index is 6.30. The van der Waals surface area contributed by atoms with Gasteiger partial charge in [0.1, 0.15) is 23.0 Å². The van der Waals surface area contributed by atoms with Crippen LogP contribution >= 0.6 is 0 Å². The molecule has 0 saturated carbocycles. The summed E-state index contributed by atoms with van der Waals surface area (Å²) in [5, 5.41) is 3.86. The Bertz CT molecular complexity index is 2800. The number of aromatic amines is 4. The fourth-order valence-corrected chi connectivity index (χ4v) is 8.87. The SMILES string of the molecule is CCCCOc1cccc(C2=c3ccc([nH]3)=C(c3cccc(OCCCC)c3)c3ccc([nH]3)C(c3cccc(OCCCC)c3)=c3ccc([nH]3)=C(c3cccc(OCCCC)c3)c3ccc2[nH]3)c1. The van der Waals surface area contributed by atoms with Gasteiger partial charge in [0, 0.05) is 66.5 Å². The quantitative estimate of drug-likeness (QED) is 0.0573. The molecule has 8 nitrogen and oxygen atoms in total. The Morgan fingerprint density at radius 2 is 0.544 bits per heavy atom. The second-order valence-corrected chi connectivity index (χ2v) is 17.6. The van der Waals surface area contributed by atoms with Crippen molar-refractivity contribution in [2.75, 3.05) is 26.4 Å². The normalized spacial score (nSPS) is 12.4. The molecule has 5 heterocycles. The van der Waals surface area contributed by atoms with Crippen molar-refractivity contribution in [3.05, 3.63) is 212 Å². The van der Waals surface area contributed by atoms with Crippen LogP contribution in [-0.4, -0.2) is 46.4 Å². The topological polar surface area (TPSA) is 100 Å². The van der Waals surface area contributed by atoms with Gasteiger partial charge in [-0.05, 0) is 145 Å². The van der Waals surface area contributed by atoms with Crippen molar-refractivity contribution in [2.45, 2.75) is 79.1 Å². The molecular formula is C60H64N4O4. The molecule has 9 rings (SSSR count). The Morgan fingerprint density at radius 3 is 0.779 bits per heavy atom. The predicted octanol–water partition coefficient (Wildman–Crippen LogP) is 11.0. The van der Waals surface area contributed by atoms with Crippen LogP contribution in [0.3, 0.4) is 0 Å². The van der Waals surface area contributed by atoms with Crippen LogP contribution in [0, 0.1) is 0 Å². The van der Waals surface area contributed by atoms with Crippen LogP contribution in [0.15, 0.2) is 146 Å². The number of ether oxygens (including phenoxy) is 4. The number of unbranched alkanes of at least 4 members (excludes halogenated alkanes) is 4. The summed E-state index contributed by atoms with van der Waals surface area (Å²) in [7, 11) is 0. The maximum absolute atomic E-state index is 6.30. The predicted molar refractivity (Wildman–Crippen MR) is 275 cm³/mol. The van der Waals surface area contributed by atoms with Crippen LogP contribution in [0.25, 0.3) is 22.3 Å². The zero-order valence-electron chi connectivity index (χ0n) is 40.0. The summed E-state index contributed by atoms with van der Waals surface area (Å²) in [5.74, 6) is 3.38. The molecule has 0 amide bonds. The summed E-state index contributed by atoms with van der Waals surface area (Å²) < 4.78 is 25.2. The monoisotopic (exact) mass is 904 g/mol. The van der Waals surface area contributed by atoms with Crippen molar-refractivity contribution < 1.29 is 18.9 Å². The Hall–Kier alpha value is -7.32. The Labute approximate surface area is 400 Å². The molecule has 348 valence electrons. The van der Waals surface area contributed by atoms with E-state index in [0.29, 0.717) is 26.4 Å². The third-order valence-corrected chi connectivity index (χ3v) is 12.5. The summed E-state index contributed by atoms with van der Waals surface area (Å²) >= 11 is 0. The fourth-order valence-electron chi connectivity index (χ4n) is 8.87. The first kappa shape index (κ1) is 45.8. The maximum Gasteiger partial charge on any atom is 0.119 e. The highest BCUT2D eigenvalue weighted by Crippen LogP contribution is 2.31. The van der Waals surface area contributed by atoms with E-state index in [1.54, 1.807) is 0 Å². The Kier molecular flexibility index (Phi) is 14.8. The van der Waals surface area contributed by atoms with Crippen LogP contribution in [0.4, 0.5) is 0 Å². The van der Waals surface area contributed by atoms with Gasteiger partial charge in [-0.25, -0.2) is 0 Å². The molecule has 0 spiro atoms. The van der Waals surface area contributed by atoms with E-state index in [1.807, 2.05) is 24.3 Å². The highest BCUT2D eigenvalue weighted by Gasteiger charge is 2.20. The minimum atomic E-state index is 0.668. The summed E-state index contributed by atoms with van der Waals surface area (Å²) in [6.45, 7) is 11.4. The molecule has 1 aliphatic heterocycles. The van der Waals surface area contributed by atoms with Crippen LogP contribution in [-0.2, 0) is 0 Å². The molecule has 0 atom stereocenters. The number of benzene rings is 4. The molecule has 0 fully saturated rings. The third kappa shape index (κ3) is 10.5. The summed E-state index contributed by atoms with van der Waals surface area (Å²) in [4.78, 5) is 15.7. The molecular weight excluding hydrogens is 841 g/mol. The van der Waals surface area contributed by atoms with Gasteiger partial charge in [-0.2, -0.15) is 0 Å². The molecule has 4 aromatic heterocycles. The minimum Gasteiger partial charge on any atom is -0.494 e. The standard InChI is InChI=1S/C60H64N4O4/c1-5-9-33-65-45-21-13-17-41(37-45)57-49-25-27-51(61-49)58(42-18-14-22-46(38-42)66-34-10-6-2)53-29-31-55(63-53)60(44-20-16-24-48(40-44)68-36-12-8-4)56-32-30-54(64-56)59(52-28-26-50(57)62-52)43-19-15-23-47(39-43)67-35-11-7-3/h13-32,37-40,61-64H,5-12,33-36H2,1-4H3. The lowest BCUT2D eigenvalue weighted by atomic mass is 10.0. The van der Waals surface area contributed by atoms with Gasteiger partial charge in [0.05, 0.1) is 26.4 Å². The van der Waals surface area contributed by atoms with Gasteiger partial charge >= 0.3 is 0 Å². The average molecular weight is 905 g/mol. The van der Waals surface area contributed by atoms with Crippen molar-refractivity contribution in [1.29, 1.82) is 0 Å². The van der Waals surface area contributed by atoms with Crippen molar-refractivity contribution in [3.8, 4) is 23.0 Å².